The lowest BCUT2D eigenvalue weighted by molar-refractivity contribution is -0.120. The summed E-state index contributed by atoms with van der Waals surface area (Å²) in [6.07, 6.45) is 3.05. The molecule has 1 aromatic carbocycles. The average Bonchev–Trinajstić information content (AvgIpc) is 3.14. The molecule has 0 bridgehead atoms. The molecule has 1 aromatic heterocycles. The van der Waals surface area contributed by atoms with Crippen LogP contribution in [0.4, 0.5) is 5.69 Å². The van der Waals surface area contributed by atoms with Crippen LogP contribution in [0.25, 0.3) is 11.5 Å². The number of aryl methyl sites for hydroxylation is 2. The highest BCUT2D eigenvalue weighted by Gasteiger charge is 2.31. The van der Waals surface area contributed by atoms with E-state index < -0.39 is 0 Å². The van der Waals surface area contributed by atoms with Crippen LogP contribution in [0.2, 0.25) is 0 Å². The van der Waals surface area contributed by atoms with Crippen molar-refractivity contribution in [1.82, 2.24) is 4.98 Å². The first kappa shape index (κ1) is 15.7. The van der Waals surface area contributed by atoms with Crippen LogP contribution in [0.15, 0.2) is 28.7 Å². The Morgan fingerprint density at radius 3 is 2.91 bits per heavy atom. The fourth-order valence-electron chi connectivity index (χ4n) is 3.23. The Balaban J connectivity index is 1.76. The molecule has 23 heavy (non-hydrogen) atoms. The molecule has 2 aromatic rings. The Morgan fingerprint density at radius 2 is 2.22 bits per heavy atom. The number of hydrogen-bond acceptors (Lipinski definition) is 4. The summed E-state index contributed by atoms with van der Waals surface area (Å²) < 4.78 is 5.65. The number of hydrogen-bond donors (Lipinski definition) is 2. The van der Waals surface area contributed by atoms with Gasteiger partial charge in [-0.3, -0.25) is 4.79 Å². The van der Waals surface area contributed by atoms with Crippen molar-refractivity contribution in [3.8, 4) is 11.5 Å². The Morgan fingerprint density at radius 1 is 1.39 bits per heavy atom. The van der Waals surface area contributed by atoms with Gasteiger partial charge in [-0.05, 0) is 57.4 Å². The minimum absolute atomic E-state index is 0.0230. The van der Waals surface area contributed by atoms with Crippen molar-refractivity contribution in [3.63, 3.8) is 0 Å². The number of carbonyl (C=O) groups excluding carboxylic acids is 1. The summed E-state index contributed by atoms with van der Waals surface area (Å²) in [6, 6.07) is 7.61. The van der Waals surface area contributed by atoms with Crippen LogP contribution in [-0.2, 0) is 4.79 Å². The van der Waals surface area contributed by atoms with Crippen molar-refractivity contribution < 1.29 is 9.21 Å². The van der Waals surface area contributed by atoms with Crippen molar-refractivity contribution in [2.45, 2.75) is 33.1 Å². The van der Waals surface area contributed by atoms with Gasteiger partial charge in [-0.25, -0.2) is 4.98 Å². The van der Waals surface area contributed by atoms with Gasteiger partial charge in [0.05, 0.1) is 5.69 Å². The molecule has 5 nitrogen and oxygen atoms in total. The molecule has 1 aliphatic rings. The summed E-state index contributed by atoms with van der Waals surface area (Å²) in [5, 5.41) is 3.02. The number of amides is 1. The molecule has 1 aliphatic carbocycles. The van der Waals surface area contributed by atoms with Gasteiger partial charge in [-0.2, -0.15) is 0 Å². The first-order valence-corrected chi connectivity index (χ1v) is 8.14. The largest absolute Gasteiger partial charge is 0.441 e. The molecule has 0 unspecified atom stereocenters. The van der Waals surface area contributed by atoms with Crippen LogP contribution in [-0.4, -0.2) is 17.4 Å². The zero-order valence-corrected chi connectivity index (χ0v) is 13.6. The smallest absolute Gasteiger partial charge is 0.227 e. The normalized spacial score (nSPS) is 20.7. The van der Waals surface area contributed by atoms with Gasteiger partial charge in [0.25, 0.3) is 0 Å². The maximum Gasteiger partial charge on any atom is 0.227 e. The number of nitrogens with two attached hydrogens (primary N) is 1. The number of nitrogens with one attached hydrogen (secondary N) is 1. The van der Waals surface area contributed by atoms with Gasteiger partial charge < -0.3 is 15.5 Å². The Kier molecular flexibility index (Phi) is 4.48. The SMILES string of the molecule is Cc1nc(-c2cccc(NC(=O)[C@@H]3CCC[C@@H]3CN)c2)oc1C. The van der Waals surface area contributed by atoms with Gasteiger partial charge in [-0.1, -0.05) is 12.5 Å². The predicted molar refractivity (Wildman–Crippen MR) is 89.9 cm³/mol. The molecule has 0 aliphatic heterocycles. The molecule has 3 N–H and O–H groups in total. The minimum atomic E-state index is 0.0230. The lowest BCUT2D eigenvalue weighted by atomic mass is 9.95. The minimum Gasteiger partial charge on any atom is -0.441 e. The van der Waals surface area contributed by atoms with Gasteiger partial charge in [-0.15, -0.1) is 0 Å². The van der Waals surface area contributed by atoms with Gasteiger partial charge in [0, 0.05) is 17.2 Å². The maximum absolute atomic E-state index is 12.5. The predicted octanol–water partition coefficient (Wildman–Crippen LogP) is 3.27. The topological polar surface area (TPSA) is 81.2 Å². The summed E-state index contributed by atoms with van der Waals surface area (Å²) in [5.41, 5.74) is 8.28. The zero-order chi connectivity index (χ0) is 16.4. The molecule has 122 valence electrons. The first-order chi connectivity index (χ1) is 11.1. The van der Waals surface area contributed by atoms with Crippen LogP contribution < -0.4 is 11.1 Å². The third-order valence-electron chi connectivity index (χ3n) is 4.70. The van der Waals surface area contributed by atoms with Crippen molar-refractivity contribution in [3.05, 3.63) is 35.7 Å². The van der Waals surface area contributed by atoms with E-state index in [9.17, 15) is 4.79 Å². The molecule has 0 saturated heterocycles. The van der Waals surface area contributed by atoms with Crippen molar-refractivity contribution in [2.75, 3.05) is 11.9 Å². The van der Waals surface area contributed by atoms with Crippen LogP contribution in [0.5, 0.6) is 0 Å². The highest BCUT2D eigenvalue weighted by molar-refractivity contribution is 5.93. The highest BCUT2D eigenvalue weighted by atomic mass is 16.4. The summed E-state index contributed by atoms with van der Waals surface area (Å²) in [5.74, 6) is 1.78. The number of carbonyl (C=O) groups is 1. The summed E-state index contributed by atoms with van der Waals surface area (Å²) in [4.78, 5) is 16.9. The maximum atomic E-state index is 12.5. The van der Waals surface area contributed by atoms with Gasteiger partial charge in [0.1, 0.15) is 5.76 Å². The third-order valence-corrected chi connectivity index (χ3v) is 4.70. The number of benzene rings is 1. The quantitative estimate of drug-likeness (QED) is 0.907. The van der Waals surface area contributed by atoms with E-state index in [1.54, 1.807) is 0 Å². The summed E-state index contributed by atoms with van der Waals surface area (Å²) >= 11 is 0. The molecule has 2 atom stereocenters. The second kappa shape index (κ2) is 6.54. The third kappa shape index (κ3) is 3.29. The fourth-order valence-corrected chi connectivity index (χ4v) is 3.23. The van der Waals surface area contributed by atoms with E-state index in [-0.39, 0.29) is 11.8 Å². The monoisotopic (exact) mass is 313 g/mol. The molecule has 1 saturated carbocycles. The second-order valence-corrected chi connectivity index (χ2v) is 6.26. The lowest BCUT2D eigenvalue weighted by Gasteiger charge is -2.17. The molecule has 1 amide bonds. The summed E-state index contributed by atoms with van der Waals surface area (Å²) in [6.45, 7) is 4.39. The first-order valence-electron chi connectivity index (χ1n) is 8.14. The highest BCUT2D eigenvalue weighted by Crippen LogP contribution is 2.32. The molecule has 0 radical (unpaired) electrons. The van der Waals surface area contributed by atoms with Crippen LogP contribution in [0.1, 0.15) is 30.7 Å². The van der Waals surface area contributed by atoms with Crippen molar-refractivity contribution in [1.29, 1.82) is 0 Å². The Hall–Kier alpha value is -2.14. The second-order valence-electron chi connectivity index (χ2n) is 6.26. The molecular formula is C18H23N3O2. The van der Waals surface area contributed by atoms with E-state index in [0.29, 0.717) is 18.4 Å². The fraction of sp³-hybridized carbons (Fsp3) is 0.444. The van der Waals surface area contributed by atoms with E-state index in [2.05, 4.69) is 10.3 Å². The Bertz CT molecular complexity index is 689. The van der Waals surface area contributed by atoms with E-state index in [0.717, 1.165) is 42.0 Å². The number of oxazole rings is 1. The number of anilines is 1. The number of rotatable bonds is 4. The molecule has 1 fully saturated rings. The van der Waals surface area contributed by atoms with Crippen LogP contribution in [0, 0.1) is 25.7 Å². The van der Waals surface area contributed by atoms with E-state index in [1.165, 1.54) is 0 Å². The van der Waals surface area contributed by atoms with E-state index in [1.807, 2.05) is 38.1 Å². The van der Waals surface area contributed by atoms with Gasteiger partial charge in [0.2, 0.25) is 11.8 Å². The average molecular weight is 313 g/mol. The van der Waals surface area contributed by atoms with Crippen LogP contribution in [0.3, 0.4) is 0 Å². The lowest BCUT2D eigenvalue weighted by Crippen LogP contribution is -2.29. The molecule has 3 rings (SSSR count). The summed E-state index contributed by atoms with van der Waals surface area (Å²) in [7, 11) is 0. The standard InChI is InChI=1S/C18H23N3O2/c1-11-12(2)23-18(20-11)13-5-3-7-15(9-13)21-17(22)16-8-4-6-14(16)10-19/h3,5,7,9,14,16H,4,6,8,10,19H2,1-2H3,(H,21,22)/t14-,16-/m1/s1. The van der Waals surface area contributed by atoms with Crippen LogP contribution >= 0.6 is 0 Å². The zero-order valence-electron chi connectivity index (χ0n) is 13.6. The van der Waals surface area contributed by atoms with Crippen molar-refractivity contribution in [2.24, 2.45) is 17.6 Å². The Labute approximate surface area is 136 Å². The van der Waals surface area contributed by atoms with E-state index >= 15 is 0 Å². The molecule has 1 heterocycles. The van der Waals surface area contributed by atoms with Gasteiger partial charge >= 0.3 is 0 Å². The molecule has 5 heteroatoms. The van der Waals surface area contributed by atoms with E-state index in [4.69, 9.17) is 10.2 Å². The molecule has 0 spiro atoms. The number of nitrogens with zero attached hydrogens (tertiary/aromatic N) is 1. The number of aromatic nitrogens is 1. The van der Waals surface area contributed by atoms with Crippen molar-refractivity contribution >= 4 is 11.6 Å². The van der Waals surface area contributed by atoms with Gasteiger partial charge in [0.15, 0.2) is 0 Å². The molecular weight excluding hydrogens is 290 g/mol.